The van der Waals surface area contributed by atoms with Gasteiger partial charge in [0.1, 0.15) is 0 Å². The van der Waals surface area contributed by atoms with Crippen molar-refractivity contribution in [3.8, 4) is 11.5 Å². The monoisotopic (exact) mass is 370 g/mol. The molecule has 0 aliphatic rings. The first-order chi connectivity index (χ1) is 11.6. The molecule has 2 N–H and O–H groups in total. The summed E-state index contributed by atoms with van der Waals surface area (Å²) in [6, 6.07) is 3.30. The van der Waals surface area contributed by atoms with Crippen LogP contribution in [0.1, 0.15) is 44.5 Å². The van der Waals surface area contributed by atoms with Gasteiger partial charge in [-0.15, -0.1) is 0 Å². The zero-order valence-corrected chi connectivity index (χ0v) is 16.9. The lowest BCUT2D eigenvalue weighted by Gasteiger charge is -2.29. The number of halogens is 1. The van der Waals surface area contributed by atoms with Crippen LogP contribution in [0.3, 0.4) is 0 Å². The van der Waals surface area contributed by atoms with Crippen molar-refractivity contribution < 1.29 is 14.3 Å². The summed E-state index contributed by atoms with van der Waals surface area (Å²) in [5.41, 5.74) is 6.07. The molecule has 5 nitrogen and oxygen atoms in total. The quantitative estimate of drug-likeness (QED) is 0.717. The largest absolute Gasteiger partial charge is 0.493 e. The summed E-state index contributed by atoms with van der Waals surface area (Å²) < 4.78 is 11.1. The van der Waals surface area contributed by atoms with Crippen LogP contribution in [0, 0.1) is 11.3 Å². The van der Waals surface area contributed by atoms with Crippen molar-refractivity contribution in [1.29, 1.82) is 0 Å². The Morgan fingerprint density at radius 3 is 2.52 bits per heavy atom. The smallest absolute Gasteiger partial charge is 0.253 e. The summed E-state index contributed by atoms with van der Waals surface area (Å²) in [5.74, 6) is 1.35. The number of carbonyl (C=O) groups is 1. The average Bonchev–Trinajstić information content (AvgIpc) is 2.54. The summed E-state index contributed by atoms with van der Waals surface area (Å²) >= 11 is 6.34. The Hall–Kier alpha value is -1.46. The Morgan fingerprint density at radius 2 is 2.00 bits per heavy atom. The van der Waals surface area contributed by atoms with E-state index in [0.717, 1.165) is 6.42 Å². The second-order valence-corrected chi connectivity index (χ2v) is 7.96. The van der Waals surface area contributed by atoms with Gasteiger partial charge < -0.3 is 20.1 Å². The third-order valence-electron chi connectivity index (χ3n) is 3.98. The molecule has 0 spiro atoms. The van der Waals surface area contributed by atoms with Gasteiger partial charge in [0.2, 0.25) is 0 Å². The number of nitrogens with zero attached hydrogens (tertiary/aromatic N) is 1. The molecule has 0 atom stereocenters. The molecular formula is C19H31ClN2O3. The summed E-state index contributed by atoms with van der Waals surface area (Å²) in [5, 5.41) is 0.373. The van der Waals surface area contributed by atoms with Crippen LogP contribution in [0.4, 0.5) is 0 Å². The molecule has 1 rings (SSSR count). The molecule has 0 aliphatic carbocycles. The maximum atomic E-state index is 12.7. The van der Waals surface area contributed by atoms with Gasteiger partial charge >= 0.3 is 0 Å². The van der Waals surface area contributed by atoms with Gasteiger partial charge in [-0.3, -0.25) is 4.79 Å². The van der Waals surface area contributed by atoms with E-state index in [9.17, 15) is 4.79 Å². The zero-order valence-electron chi connectivity index (χ0n) is 16.2. The maximum absolute atomic E-state index is 12.7. The van der Waals surface area contributed by atoms with Crippen LogP contribution in [0.25, 0.3) is 0 Å². The molecule has 0 unspecified atom stereocenters. The van der Waals surface area contributed by atoms with Gasteiger partial charge in [-0.05, 0) is 36.4 Å². The standard InChI is InChI=1S/C19H31ClN2O3/c1-13(2)7-8-25-17-15(20)9-14(10-16(17)24-6)18(23)22(5)12-19(3,4)11-21/h9-10,13H,7-8,11-12,21H2,1-6H3. The van der Waals surface area contributed by atoms with Gasteiger partial charge in [0.25, 0.3) is 5.91 Å². The number of ether oxygens (including phenoxy) is 2. The number of carbonyl (C=O) groups excluding carboxylic acids is 1. The van der Waals surface area contributed by atoms with Gasteiger partial charge in [-0.1, -0.05) is 39.3 Å². The molecule has 6 heteroatoms. The third-order valence-corrected chi connectivity index (χ3v) is 4.26. The molecule has 0 aromatic heterocycles. The van der Waals surface area contributed by atoms with Crippen LogP contribution >= 0.6 is 11.6 Å². The molecule has 0 heterocycles. The summed E-state index contributed by atoms with van der Waals surface area (Å²) in [6.07, 6.45) is 0.914. The van der Waals surface area contributed by atoms with Crippen LogP contribution in [0.2, 0.25) is 5.02 Å². The Labute approximate surface area is 156 Å². The van der Waals surface area contributed by atoms with Gasteiger partial charge in [-0.2, -0.15) is 0 Å². The molecule has 25 heavy (non-hydrogen) atoms. The van der Waals surface area contributed by atoms with Crippen LogP contribution in [0.15, 0.2) is 12.1 Å². The Balaban J connectivity index is 2.98. The lowest BCUT2D eigenvalue weighted by atomic mass is 9.93. The molecule has 142 valence electrons. The molecule has 1 aromatic rings. The van der Waals surface area contributed by atoms with Crippen molar-refractivity contribution in [3.63, 3.8) is 0 Å². The highest BCUT2D eigenvalue weighted by Crippen LogP contribution is 2.37. The van der Waals surface area contributed by atoms with Gasteiger partial charge in [0, 0.05) is 19.2 Å². The van der Waals surface area contributed by atoms with E-state index in [1.54, 1.807) is 24.1 Å². The third kappa shape index (κ3) is 6.40. The summed E-state index contributed by atoms with van der Waals surface area (Å²) in [7, 11) is 3.30. The topological polar surface area (TPSA) is 64.8 Å². The van der Waals surface area contributed by atoms with Gasteiger partial charge in [0.05, 0.1) is 18.7 Å². The van der Waals surface area contributed by atoms with E-state index < -0.39 is 0 Å². The lowest BCUT2D eigenvalue weighted by molar-refractivity contribution is 0.0740. The summed E-state index contributed by atoms with van der Waals surface area (Å²) in [6.45, 7) is 9.90. The van der Waals surface area contributed by atoms with Crippen LogP contribution < -0.4 is 15.2 Å². The van der Waals surface area contributed by atoms with Gasteiger partial charge in [0.15, 0.2) is 11.5 Å². The predicted octanol–water partition coefficient (Wildman–Crippen LogP) is 3.83. The van der Waals surface area contributed by atoms with Crippen LogP contribution in [-0.2, 0) is 0 Å². The lowest BCUT2D eigenvalue weighted by Crippen LogP contribution is -2.39. The molecule has 0 saturated carbocycles. The van der Waals surface area contributed by atoms with Gasteiger partial charge in [-0.25, -0.2) is 0 Å². The SMILES string of the molecule is COc1cc(C(=O)N(C)CC(C)(C)CN)cc(Cl)c1OCCC(C)C. The Bertz CT molecular complexity index is 588. The zero-order chi connectivity index (χ0) is 19.2. The molecule has 0 bridgehead atoms. The molecule has 1 amide bonds. The van der Waals surface area contributed by atoms with E-state index in [2.05, 4.69) is 13.8 Å². The minimum Gasteiger partial charge on any atom is -0.493 e. The number of rotatable bonds is 9. The number of hydrogen-bond acceptors (Lipinski definition) is 4. The van der Waals surface area contributed by atoms with E-state index >= 15 is 0 Å². The highest BCUT2D eigenvalue weighted by Gasteiger charge is 2.23. The van der Waals surface area contributed by atoms with Crippen molar-refractivity contribution >= 4 is 17.5 Å². The highest BCUT2D eigenvalue weighted by atomic mass is 35.5. The highest BCUT2D eigenvalue weighted by molar-refractivity contribution is 6.32. The number of amides is 1. The van der Waals surface area contributed by atoms with E-state index in [0.29, 0.717) is 47.7 Å². The number of nitrogens with two attached hydrogens (primary N) is 1. The Morgan fingerprint density at radius 1 is 1.36 bits per heavy atom. The maximum Gasteiger partial charge on any atom is 0.253 e. The minimum absolute atomic E-state index is 0.129. The first kappa shape index (κ1) is 21.6. The van der Waals surface area contributed by atoms with Crippen LogP contribution in [-0.4, -0.2) is 44.7 Å². The molecular weight excluding hydrogens is 340 g/mol. The second-order valence-electron chi connectivity index (χ2n) is 7.55. The van der Waals surface area contributed by atoms with Crippen LogP contribution in [0.5, 0.6) is 11.5 Å². The fourth-order valence-corrected chi connectivity index (χ4v) is 2.64. The Kier molecular flexibility index (Phi) is 8.03. The van der Waals surface area contributed by atoms with E-state index in [1.807, 2.05) is 13.8 Å². The molecule has 1 aromatic carbocycles. The van der Waals surface area contributed by atoms with Crippen molar-refractivity contribution in [2.45, 2.75) is 34.1 Å². The van der Waals surface area contributed by atoms with E-state index in [4.69, 9.17) is 26.8 Å². The molecule has 0 radical (unpaired) electrons. The first-order valence-electron chi connectivity index (χ1n) is 8.57. The molecule has 0 aliphatic heterocycles. The molecule has 0 fully saturated rings. The number of methoxy groups -OCH3 is 1. The number of hydrogen-bond donors (Lipinski definition) is 1. The predicted molar refractivity (Wildman–Crippen MR) is 103 cm³/mol. The fourth-order valence-electron chi connectivity index (χ4n) is 2.38. The van der Waals surface area contributed by atoms with Crippen molar-refractivity contribution in [2.24, 2.45) is 17.1 Å². The van der Waals surface area contributed by atoms with Crippen molar-refractivity contribution in [2.75, 3.05) is 33.9 Å². The second kappa shape index (κ2) is 9.30. The van der Waals surface area contributed by atoms with Crippen molar-refractivity contribution in [3.05, 3.63) is 22.7 Å². The average molecular weight is 371 g/mol. The van der Waals surface area contributed by atoms with E-state index in [1.165, 1.54) is 7.11 Å². The summed E-state index contributed by atoms with van der Waals surface area (Å²) in [4.78, 5) is 14.4. The normalized spacial score (nSPS) is 11.6. The molecule has 0 saturated heterocycles. The van der Waals surface area contributed by atoms with E-state index in [-0.39, 0.29) is 11.3 Å². The fraction of sp³-hybridized carbons (Fsp3) is 0.632. The van der Waals surface area contributed by atoms with Crippen molar-refractivity contribution in [1.82, 2.24) is 4.90 Å². The first-order valence-corrected chi connectivity index (χ1v) is 8.95. The minimum atomic E-state index is -0.155. The number of benzene rings is 1.